The van der Waals surface area contributed by atoms with Crippen molar-refractivity contribution in [1.82, 2.24) is 10.3 Å². The first-order chi connectivity index (χ1) is 12.1. The summed E-state index contributed by atoms with van der Waals surface area (Å²) in [4.78, 5) is 26.4. The Balaban J connectivity index is 1.84. The summed E-state index contributed by atoms with van der Waals surface area (Å²) >= 11 is 0. The number of ether oxygens (including phenoxy) is 1. The van der Waals surface area contributed by atoms with E-state index in [-0.39, 0.29) is 25.5 Å². The zero-order valence-corrected chi connectivity index (χ0v) is 13.9. The fraction of sp³-hybridized carbons (Fsp3) is 0.263. The summed E-state index contributed by atoms with van der Waals surface area (Å²) in [6.45, 7) is 3.64. The van der Waals surface area contributed by atoms with Crippen LogP contribution in [-0.4, -0.2) is 41.2 Å². The second-order valence-corrected chi connectivity index (χ2v) is 5.55. The largest absolute Gasteiger partial charge is 0.480 e. The molecule has 1 unspecified atom stereocenters. The lowest BCUT2D eigenvalue weighted by molar-refractivity contribution is -0.143. The SMILES string of the molecule is C=CCOCC(NC(=O)CCc1ccc(-c2ccccc2)[nH]1)C(=O)O. The third-order valence-electron chi connectivity index (χ3n) is 3.61. The number of hydrogen-bond acceptors (Lipinski definition) is 3. The molecule has 1 heterocycles. The third kappa shape index (κ3) is 5.93. The summed E-state index contributed by atoms with van der Waals surface area (Å²) in [5, 5.41) is 11.6. The van der Waals surface area contributed by atoms with Crippen molar-refractivity contribution in [3.05, 3.63) is 60.8 Å². The minimum absolute atomic E-state index is 0.0895. The number of amides is 1. The van der Waals surface area contributed by atoms with Gasteiger partial charge in [0, 0.05) is 17.8 Å². The second kappa shape index (κ2) is 9.44. The molecule has 6 heteroatoms. The molecule has 0 fully saturated rings. The summed E-state index contributed by atoms with van der Waals surface area (Å²) < 4.78 is 5.10. The van der Waals surface area contributed by atoms with Crippen molar-refractivity contribution in [3.63, 3.8) is 0 Å². The molecule has 0 aliphatic rings. The van der Waals surface area contributed by atoms with Gasteiger partial charge >= 0.3 is 5.97 Å². The van der Waals surface area contributed by atoms with Crippen molar-refractivity contribution in [2.75, 3.05) is 13.2 Å². The van der Waals surface area contributed by atoms with Gasteiger partial charge < -0.3 is 20.1 Å². The average molecular weight is 342 g/mol. The number of hydrogen-bond donors (Lipinski definition) is 3. The van der Waals surface area contributed by atoms with Crippen molar-refractivity contribution >= 4 is 11.9 Å². The Kier molecular flexibility index (Phi) is 6.98. The van der Waals surface area contributed by atoms with Crippen molar-refractivity contribution in [2.45, 2.75) is 18.9 Å². The molecule has 0 aliphatic carbocycles. The van der Waals surface area contributed by atoms with Gasteiger partial charge in [0.05, 0.1) is 13.2 Å². The summed E-state index contributed by atoms with van der Waals surface area (Å²) in [6, 6.07) is 12.7. The molecule has 0 spiro atoms. The van der Waals surface area contributed by atoms with Gasteiger partial charge in [0.25, 0.3) is 0 Å². The fourth-order valence-corrected chi connectivity index (χ4v) is 2.33. The van der Waals surface area contributed by atoms with E-state index in [1.54, 1.807) is 0 Å². The number of aliphatic carboxylic acids is 1. The molecule has 1 amide bonds. The van der Waals surface area contributed by atoms with E-state index in [0.717, 1.165) is 17.0 Å². The molecule has 3 N–H and O–H groups in total. The van der Waals surface area contributed by atoms with Crippen LogP contribution in [0.25, 0.3) is 11.3 Å². The lowest BCUT2D eigenvalue weighted by atomic mass is 10.2. The molecule has 0 saturated heterocycles. The van der Waals surface area contributed by atoms with Crippen LogP contribution in [0.5, 0.6) is 0 Å². The van der Waals surface area contributed by atoms with Crippen molar-refractivity contribution in [3.8, 4) is 11.3 Å². The van der Waals surface area contributed by atoms with E-state index in [1.165, 1.54) is 6.08 Å². The minimum Gasteiger partial charge on any atom is -0.480 e. The van der Waals surface area contributed by atoms with Crippen LogP contribution in [0.4, 0.5) is 0 Å². The van der Waals surface area contributed by atoms with Gasteiger partial charge in [-0.1, -0.05) is 36.4 Å². The summed E-state index contributed by atoms with van der Waals surface area (Å²) in [5.74, 6) is -1.45. The maximum Gasteiger partial charge on any atom is 0.328 e. The molecule has 1 atom stereocenters. The first kappa shape index (κ1) is 18.5. The van der Waals surface area contributed by atoms with Crippen LogP contribution in [0.2, 0.25) is 0 Å². The van der Waals surface area contributed by atoms with Crippen LogP contribution < -0.4 is 5.32 Å². The molecule has 2 rings (SSSR count). The van der Waals surface area contributed by atoms with E-state index in [0.29, 0.717) is 6.42 Å². The van der Waals surface area contributed by atoms with Crippen LogP contribution in [0.1, 0.15) is 12.1 Å². The Morgan fingerprint density at radius 3 is 2.68 bits per heavy atom. The number of carboxylic acids is 1. The number of benzene rings is 1. The standard InChI is InChI=1S/C19H22N2O4/c1-2-12-25-13-17(19(23)24)21-18(22)11-9-15-8-10-16(20-15)14-6-4-3-5-7-14/h2-8,10,17,20H,1,9,11-13H2,(H,21,22)(H,23,24). The van der Waals surface area contributed by atoms with Crippen LogP contribution >= 0.6 is 0 Å². The topological polar surface area (TPSA) is 91.4 Å². The highest BCUT2D eigenvalue weighted by Gasteiger charge is 2.19. The lowest BCUT2D eigenvalue weighted by Crippen LogP contribution is -2.44. The Labute approximate surface area is 146 Å². The van der Waals surface area contributed by atoms with Gasteiger partial charge in [-0.05, 0) is 24.1 Å². The fourth-order valence-electron chi connectivity index (χ4n) is 2.33. The Hall–Kier alpha value is -2.86. The monoisotopic (exact) mass is 342 g/mol. The third-order valence-corrected chi connectivity index (χ3v) is 3.61. The van der Waals surface area contributed by atoms with Gasteiger partial charge in [-0.3, -0.25) is 4.79 Å². The number of carbonyl (C=O) groups is 2. The van der Waals surface area contributed by atoms with Crippen LogP contribution in [-0.2, 0) is 20.7 Å². The number of carbonyl (C=O) groups excluding carboxylic acids is 1. The first-order valence-corrected chi connectivity index (χ1v) is 8.04. The molecule has 1 aromatic carbocycles. The first-order valence-electron chi connectivity index (χ1n) is 8.04. The quantitative estimate of drug-likeness (QED) is 0.457. The highest BCUT2D eigenvalue weighted by atomic mass is 16.5. The number of carboxylic acid groups (broad SMARTS) is 1. The van der Waals surface area contributed by atoms with Crippen molar-refractivity contribution < 1.29 is 19.4 Å². The molecule has 6 nitrogen and oxygen atoms in total. The van der Waals surface area contributed by atoms with E-state index in [1.807, 2.05) is 42.5 Å². The second-order valence-electron chi connectivity index (χ2n) is 5.55. The summed E-state index contributed by atoms with van der Waals surface area (Å²) in [5.41, 5.74) is 2.98. The van der Waals surface area contributed by atoms with Gasteiger partial charge in [0.15, 0.2) is 6.04 Å². The van der Waals surface area contributed by atoms with Crippen LogP contribution in [0, 0.1) is 0 Å². The molecule has 132 valence electrons. The number of nitrogens with one attached hydrogen (secondary N) is 2. The molecule has 2 aromatic rings. The predicted octanol–water partition coefficient (Wildman–Crippen LogP) is 2.39. The van der Waals surface area contributed by atoms with E-state index in [9.17, 15) is 9.59 Å². The highest BCUT2D eigenvalue weighted by Crippen LogP contribution is 2.18. The van der Waals surface area contributed by atoms with Gasteiger partial charge in [-0.25, -0.2) is 4.79 Å². The van der Waals surface area contributed by atoms with E-state index >= 15 is 0 Å². The Morgan fingerprint density at radius 2 is 2.00 bits per heavy atom. The Bertz CT molecular complexity index is 709. The maximum atomic E-state index is 12.0. The zero-order valence-electron chi connectivity index (χ0n) is 13.9. The molecular formula is C19H22N2O4. The summed E-state index contributed by atoms with van der Waals surface area (Å²) in [7, 11) is 0. The molecule has 0 aliphatic heterocycles. The molecule has 25 heavy (non-hydrogen) atoms. The van der Waals surface area contributed by atoms with Crippen molar-refractivity contribution in [1.29, 1.82) is 0 Å². The van der Waals surface area contributed by atoms with Crippen molar-refractivity contribution in [2.24, 2.45) is 0 Å². The predicted molar refractivity (Wildman–Crippen MR) is 95.1 cm³/mol. The Morgan fingerprint density at radius 1 is 1.24 bits per heavy atom. The zero-order chi connectivity index (χ0) is 18.1. The number of aromatic amines is 1. The van der Waals surface area contributed by atoms with Crippen LogP contribution in [0.3, 0.4) is 0 Å². The lowest BCUT2D eigenvalue weighted by Gasteiger charge is -2.14. The molecule has 0 saturated carbocycles. The van der Waals surface area contributed by atoms with Gasteiger partial charge in [-0.2, -0.15) is 0 Å². The number of H-pyrrole nitrogens is 1. The van der Waals surface area contributed by atoms with Gasteiger partial charge in [0.1, 0.15) is 0 Å². The van der Waals surface area contributed by atoms with E-state index in [4.69, 9.17) is 9.84 Å². The van der Waals surface area contributed by atoms with E-state index < -0.39 is 12.0 Å². The van der Waals surface area contributed by atoms with E-state index in [2.05, 4.69) is 16.9 Å². The molecule has 0 radical (unpaired) electrons. The smallest absolute Gasteiger partial charge is 0.328 e. The maximum absolute atomic E-state index is 12.0. The normalized spacial score (nSPS) is 11.7. The number of aromatic nitrogens is 1. The number of rotatable bonds is 10. The van der Waals surface area contributed by atoms with Crippen LogP contribution in [0.15, 0.2) is 55.1 Å². The number of aryl methyl sites for hydroxylation is 1. The average Bonchev–Trinajstić information content (AvgIpc) is 3.09. The highest BCUT2D eigenvalue weighted by molar-refractivity contribution is 5.83. The molecule has 0 bridgehead atoms. The molecular weight excluding hydrogens is 320 g/mol. The minimum atomic E-state index is -1.12. The van der Waals surface area contributed by atoms with Gasteiger partial charge in [0.2, 0.25) is 5.91 Å². The van der Waals surface area contributed by atoms with Gasteiger partial charge in [-0.15, -0.1) is 6.58 Å². The molecule has 1 aromatic heterocycles. The summed E-state index contributed by atoms with van der Waals surface area (Å²) in [6.07, 6.45) is 2.22.